The number of carbonyl (C=O) groups excluding carboxylic acids is 1. The van der Waals surface area contributed by atoms with Crippen LogP contribution in [0.1, 0.15) is 33.1 Å². The molecular weight excluding hydrogens is 220 g/mol. The standard InChI is InChI=1S/C12H24N2OS/c1-4-12(5-2,9-13)11(15)14(3)10-6-7-16-8-10/h10H,4-9,13H2,1-3H3. The lowest BCUT2D eigenvalue weighted by molar-refractivity contribution is -0.142. The highest BCUT2D eigenvalue weighted by molar-refractivity contribution is 7.99. The summed E-state index contributed by atoms with van der Waals surface area (Å²) in [4.78, 5) is 14.4. The zero-order valence-electron chi connectivity index (χ0n) is 10.7. The fourth-order valence-corrected chi connectivity index (χ4v) is 3.56. The van der Waals surface area contributed by atoms with Gasteiger partial charge < -0.3 is 10.6 Å². The Morgan fingerprint density at radius 2 is 2.12 bits per heavy atom. The lowest BCUT2D eigenvalue weighted by atomic mass is 9.80. The smallest absolute Gasteiger partial charge is 0.230 e. The van der Waals surface area contributed by atoms with Gasteiger partial charge in [0.05, 0.1) is 5.41 Å². The van der Waals surface area contributed by atoms with Gasteiger partial charge in [0.25, 0.3) is 0 Å². The fraction of sp³-hybridized carbons (Fsp3) is 0.917. The summed E-state index contributed by atoms with van der Waals surface area (Å²) < 4.78 is 0. The molecule has 1 rings (SSSR count). The topological polar surface area (TPSA) is 46.3 Å². The second-order valence-electron chi connectivity index (χ2n) is 4.63. The molecule has 1 unspecified atom stereocenters. The van der Waals surface area contributed by atoms with E-state index in [4.69, 9.17) is 5.73 Å². The van der Waals surface area contributed by atoms with Crippen LogP contribution >= 0.6 is 11.8 Å². The van der Waals surface area contributed by atoms with E-state index >= 15 is 0 Å². The summed E-state index contributed by atoms with van der Waals surface area (Å²) in [5, 5.41) is 0. The molecule has 0 aromatic carbocycles. The molecule has 1 heterocycles. The maximum Gasteiger partial charge on any atom is 0.230 e. The zero-order chi connectivity index (χ0) is 12.2. The maximum absolute atomic E-state index is 12.5. The molecule has 0 aromatic rings. The van der Waals surface area contributed by atoms with E-state index in [0.717, 1.165) is 25.0 Å². The third kappa shape index (κ3) is 2.54. The number of carbonyl (C=O) groups is 1. The third-order valence-corrected chi connectivity index (χ3v) is 5.12. The van der Waals surface area contributed by atoms with Crippen molar-refractivity contribution in [2.75, 3.05) is 25.1 Å². The van der Waals surface area contributed by atoms with Crippen LogP contribution in [0.4, 0.5) is 0 Å². The molecule has 1 atom stereocenters. The lowest BCUT2D eigenvalue weighted by Gasteiger charge is -2.36. The average molecular weight is 244 g/mol. The molecule has 2 N–H and O–H groups in total. The van der Waals surface area contributed by atoms with E-state index in [1.807, 2.05) is 23.7 Å². The minimum absolute atomic E-state index is 0.243. The van der Waals surface area contributed by atoms with Crippen molar-refractivity contribution in [3.63, 3.8) is 0 Å². The fourth-order valence-electron chi connectivity index (χ4n) is 2.30. The molecule has 4 heteroatoms. The van der Waals surface area contributed by atoms with Crippen LogP contribution in [0, 0.1) is 5.41 Å². The van der Waals surface area contributed by atoms with Crippen LogP contribution in [-0.2, 0) is 4.79 Å². The van der Waals surface area contributed by atoms with Crippen molar-refractivity contribution in [2.45, 2.75) is 39.2 Å². The first-order valence-electron chi connectivity index (χ1n) is 6.16. The predicted molar refractivity (Wildman–Crippen MR) is 70.6 cm³/mol. The molecule has 3 nitrogen and oxygen atoms in total. The van der Waals surface area contributed by atoms with E-state index in [2.05, 4.69) is 13.8 Å². The molecule has 0 saturated carbocycles. The van der Waals surface area contributed by atoms with Gasteiger partial charge in [-0.1, -0.05) is 13.8 Å². The summed E-state index contributed by atoms with van der Waals surface area (Å²) in [7, 11) is 1.94. The first kappa shape index (κ1) is 13.8. The van der Waals surface area contributed by atoms with Crippen LogP contribution in [0.3, 0.4) is 0 Å². The number of hydrogen-bond donors (Lipinski definition) is 1. The van der Waals surface area contributed by atoms with E-state index in [1.54, 1.807) is 0 Å². The maximum atomic E-state index is 12.5. The van der Waals surface area contributed by atoms with Crippen LogP contribution in [0.5, 0.6) is 0 Å². The van der Waals surface area contributed by atoms with Crippen molar-refractivity contribution >= 4 is 17.7 Å². The molecule has 0 aromatic heterocycles. The number of nitrogens with two attached hydrogens (primary N) is 1. The Kier molecular flexibility index (Phi) is 5.12. The van der Waals surface area contributed by atoms with Crippen LogP contribution in [0.2, 0.25) is 0 Å². The van der Waals surface area contributed by atoms with Crippen molar-refractivity contribution in [1.82, 2.24) is 4.90 Å². The minimum atomic E-state index is -0.331. The second kappa shape index (κ2) is 5.92. The molecular formula is C12H24N2OS. The summed E-state index contributed by atoms with van der Waals surface area (Å²) in [6.45, 7) is 4.58. The van der Waals surface area contributed by atoms with Gasteiger partial charge in [-0.15, -0.1) is 0 Å². The summed E-state index contributed by atoms with van der Waals surface area (Å²) in [5.74, 6) is 2.50. The highest BCUT2D eigenvalue weighted by atomic mass is 32.2. The Labute approximate surface area is 103 Å². The van der Waals surface area contributed by atoms with Gasteiger partial charge in [-0.25, -0.2) is 0 Å². The van der Waals surface area contributed by atoms with Crippen molar-refractivity contribution in [3.05, 3.63) is 0 Å². The van der Waals surface area contributed by atoms with Crippen molar-refractivity contribution in [3.8, 4) is 0 Å². The predicted octanol–water partition coefficient (Wildman–Crippen LogP) is 1.72. The van der Waals surface area contributed by atoms with Crippen molar-refractivity contribution < 1.29 is 4.79 Å². The van der Waals surface area contributed by atoms with Gasteiger partial charge in [0.15, 0.2) is 0 Å². The van der Waals surface area contributed by atoms with E-state index < -0.39 is 0 Å². The van der Waals surface area contributed by atoms with Gasteiger partial charge in [-0.3, -0.25) is 4.79 Å². The Hall–Kier alpha value is -0.220. The van der Waals surface area contributed by atoms with Gasteiger partial charge in [-0.05, 0) is 25.0 Å². The molecule has 0 bridgehead atoms. The van der Waals surface area contributed by atoms with E-state index in [9.17, 15) is 4.79 Å². The monoisotopic (exact) mass is 244 g/mol. The molecule has 1 amide bonds. The molecule has 16 heavy (non-hydrogen) atoms. The van der Waals surface area contributed by atoms with Crippen molar-refractivity contribution in [1.29, 1.82) is 0 Å². The van der Waals surface area contributed by atoms with Crippen LogP contribution in [0.15, 0.2) is 0 Å². The zero-order valence-corrected chi connectivity index (χ0v) is 11.5. The highest BCUT2D eigenvalue weighted by Crippen LogP contribution is 2.30. The van der Waals surface area contributed by atoms with Crippen LogP contribution in [-0.4, -0.2) is 41.9 Å². The number of rotatable bonds is 5. The van der Waals surface area contributed by atoms with Gasteiger partial charge in [0.2, 0.25) is 5.91 Å². The summed E-state index contributed by atoms with van der Waals surface area (Å²) in [6, 6.07) is 0.418. The average Bonchev–Trinajstić information content (AvgIpc) is 2.84. The minimum Gasteiger partial charge on any atom is -0.341 e. The summed E-state index contributed by atoms with van der Waals surface area (Å²) >= 11 is 1.94. The Bertz CT molecular complexity index is 227. The van der Waals surface area contributed by atoms with Gasteiger partial charge in [0.1, 0.15) is 0 Å². The van der Waals surface area contributed by atoms with E-state index in [1.165, 1.54) is 5.75 Å². The normalized spacial score (nSPS) is 21.1. The summed E-state index contributed by atoms with van der Waals surface area (Å²) in [6.07, 6.45) is 2.80. The van der Waals surface area contributed by atoms with Gasteiger partial charge >= 0.3 is 0 Å². The first-order chi connectivity index (χ1) is 7.61. The number of thioether (sulfide) groups is 1. The number of amides is 1. The molecule has 0 spiro atoms. The van der Waals surface area contributed by atoms with Gasteiger partial charge in [-0.2, -0.15) is 11.8 Å². The molecule has 1 aliphatic rings. The van der Waals surface area contributed by atoms with Gasteiger partial charge in [0, 0.05) is 25.4 Å². The number of hydrogen-bond acceptors (Lipinski definition) is 3. The van der Waals surface area contributed by atoms with E-state index in [-0.39, 0.29) is 11.3 Å². The number of nitrogens with zero attached hydrogens (tertiary/aromatic N) is 1. The molecule has 0 aliphatic carbocycles. The highest BCUT2D eigenvalue weighted by Gasteiger charge is 2.38. The Balaban J connectivity index is 2.73. The molecule has 0 radical (unpaired) electrons. The van der Waals surface area contributed by atoms with Crippen molar-refractivity contribution in [2.24, 2.45) is 11.1 Å². The van der Waals surface area contributed by atoms with Crippen LogP contribution in [0.25, 0.3) is 0 Å². The quantitative estimate of drug-likeness (QED) is 0.801. The second-order valence-corrected chi connectivity index (χ2v) is 5.77. The Morgan fingerprint density at radius 1 is 1.50 bits per heavy atom. The molecule has 1 fully saturated rings. The van der Waals surface area contributed by atoms with Crippen LogP contribution < -0.4 is 5.73 Å². The largest absolute Gasteiger partial charge is 0.341 e. The van der Waals surface area contributed by atoms with E-state index in [0.29, 0.717) is 12.6 Å². The summed E-state index contributed by atoms with van der Waals surface area (Å²) in [5.41, 5.74) is 5.48. The SMILES string of the molecule is CCC(CC)(CN)C(=O)N(C)C1CCSC1. The third-order valence-electron chi connectivity index (χ3n) is 3.97. The Morgan fingerprint density at radius 3 is 2.50 bits per heavy atom. The molecule has 94 valence electrons. The lowest BCUT2D eigenvalue weighted by Crippen LogP contribution is -2.49. The molecule has 1 saturated heterocycles. The molecule has 1 aliphatic heterocycles. The first-order valence-corrected chi connectivity index (χ1v) is 7.31.